The quantitative estimate of drug-likeness (QED) is 0.773. The third-order valence-electron chi connectivity index (χ3n) is 3.95. The Labute approximate surface area is 130 Å². The molecular weight excluding hydrogens is 300 g/mol. The van der Waals surface area contributed by atoms with Crippen LogP contribution < -0.4 is 5.32 Å². The van der Waals surface area contributed by atoms with Gasteiger partial charge < -0.3 is 9.73 Å². The van der Waals surface area contributed by atoms with E-state index in [4.69, 9.17) is 4.42 Å². The first kappa shape index (κ1) is 13.7. The molecule has 0 unspecified atom stereocenters. The number of hydrogen-bond acceptors (Lipinski definition) is 2. The van der Waals surface area contributed by atoms with Gasteiger partial charge in [-0.05, 0) is 47.5 Å². The summed E-state index contributed by atoms with van der Waals surface area (Å²) in [5.74, 6) is -0.926. The Morgan fingerprint density at radius 1 is 1.00 bits per heavy atom. The SMILES string of the molecule is O=C1NCc2c1cc(-c1ccc(F)cc1F)cc2-c1ccco1. The second kappa shape index (κ2) is 5.05. The molecule has 2 aromatic carbocycles. The molecule has 1 aliphatic rings. The largest absolute Gasteiger partial charge is 0.464 e. The van der Waals surface area contributed by atoms with Crippen LogP contribution in [-0.2, 0) is 6.54 Å². The van der Waals surface area contributed by atoms with Crippen molar-refractivity contribution in [2.45, 2.75) is 6.54 Å². The minimum Gasteiger partial charge on any atom is -0.464 e. The molecule has 1 amide bonds. The monoisotopic (exact) mass is 311 g/mol. The highest BCUT2D eigenvalue weighted by Gasteiger charge is 2.25. The van der Waals surface area contributed by atoms with Gasteiger partial charge in [0.15, 0.2) is 0 Å². The van der Waals surface area contributed by atoms with Gasteiger partial charge in [-0.15, -0.1) is 0 Å². The summed E-state index contributed by atoms with van der Waals surface area (Å²) in [7, 11) is 0. The topological polar surface area (TPSA) is 42.2 Å². The highest BCUT2D eigenvalue weighted by Crippen LogP contribution is 2.35. The van der Waals surface area contributed by atoms with Gasteiger partial charge in [0.05, 0.1) is 6.26 Å². The van der Waals surface area contributed by atoms with Crippen LogP contribution in [0.4, 0.5) is 8.78 Å². The molecule has 2 heterocycles. The maximum absolute atomic E-state index is 14.1. The smallest absolute Gasteiger partial charge is 0.251 e. The van der Waals surface area contributed by atoms with Gasteiger partial charge in [0.25, 0.3) is 5.91 Å². The Bertz CT molecular complexity index is 917. The van der Waals surface area contributed by atoms with Crippen LogP contribution in [0.1, 0.15) is 15.9 Å². The molecule has 0 saturated carbocycles. The summed E-state index contributed by atoms with van der Waals surface area (Å²) in [5, 5.41) is 2.76. The molecule has 4 rings (SSSR count). The van der Waals surface area contributed by atoms with E-state index in [1.54, 1.807) is 24.3 Å². The van der Waals surface area contributed by atoms with Crippen molar-refractivity contribution in [1.82, 2.24) is 5.32 Å². The zero-order valence-electron chi connectivity index (χ0n) is 11.9. The second-order valence-electron chi connectivity index (χ2n) is 5.33. The van der Waals surface area contributed by atoms with Gasteiger partial charge in [0, 0.05) is 29.3 Å². The fourth-order valence-electron chi connectivity index (χ4n) is 2.86. The molecule has 0 atom stereocenters. The van der Waals surface area contributed by atoms with Gasteiger partial charge >= 0.3 is 0 Å². The number of hydrogen-bond donors (Lipinski definition) is 1. The lowest BCUT2D eigenvalue weighted by molar-refractivity contribution is 0.0966. The number of nitrogens with one attached hydrogen (secondary N) is 1. The molecule has 114 valence electrons. The Kier molecular flexibility index (Phi) is 3.01. The Hall–Kier alpha value is -2.95. The first-order valence-electron chi connectivity index (χ1n) is 7.08. The average Bonchev–Trinajstić information content (AvgIpc) is 3.17. The number of halogens is 2. The fraction of sp³-hybridized carbons (Fsp3) is 0.0556. The van der Waals surface area contributed by atoms with E-state index in [1.165, 1.54) is 18.4 Å². The average molecular weight is 311 g/mol. The molecule has 0 saturated heterocycles. The van der Waals surface area contributed by atoms with Crippen LogP contribution in [-0.4, -0.2) is 5.91 Å². The summed E-state index contributed by atoms with van der Waals surface area (Å²) >= 11 is 0. The molecule has 0 aliphatic carbocycles. The van der Waals surface area contributed by atoms with Gasteiger partial charge in [-0.1, -0.05) is 0 Å². The molecule has 0 radical (unpaired) electrons. The summed E-state index contributed by atoms with van der Waals surface area (Å²) < 4.78 is 32.7. The molecule has 1 N–H and O–H groups in total. The maximum Gasteiger partial charge on any atom is 0.251 e. The summed E-state index contributed by atoms with van der Waals surface area (Å²) in [6, 6.07) is 10.3. The predicted molar refractivity (Wildman–Crippen MR) is 80.7 cm³/mol. The number of carbonyl (C=O) groups is 1. The first-order chi connectivity index (χ1) is 11.1. The van der Waals surface area contributed by atoms with Crippen molar-refractivity contribution in [3.05, 3.63) is 71.5 Å². The van der Waals surface area contributed by atoms with Gasteiger partial charge in [-0.3, -0.25) is 4.79 Å². The molecule has 1 aliphatic heterocycles. The summed E-state index contributed by atoms with van der Waals surface area (Å²) in [4.78, 5) is 12.0. The molecule has 0 spiro atoms. The highest BCUT2D eigenvalue weighted by atomic mass is 19.1. The highest BCUT2D eigenvalue weighted by molar-refractivity contribution is 6.02. The second-order valence-corrected chi connectivity index (χ2v) is 5.33. The third-order valence-corrected chi connectivity index (χ3v) is 3.95. The number of amides is 1. The number of fused-ring (bicyclic) bond motifs is 1. The predicted octanol–water partition coefficient (Wildman–Crippen LogP) is 4.14. The van der Waals surface area contributed by atoms with Crippen molar-refractivity contribution < 1.29 is 18.0 Å². The standard InChI is InChI=1S/C18H11F2NO2/c19-11-3-4-12(16(20)8-11)10-6-13(17-2-1-5-23-17)15-9-21-18(22)14(15)7-10/h1-8H,9H2,(H,21,22). The minimum absolute atomic E-state index is 0.211. The van der Waals surface area contributed by atoms with E-state index in [9.17, 15) is 13.6 Å². The summed E-state index contributed by atoms with van der Waals surface area (Å²) in [6.07, 6.45) is 1.54. The lowest BCUT2D eigenvalue weighted by Gasteiger charge is -2.10. The van der Waals surface area contributed by atoms with Crippen LogP contribution in [0, 0.1) is 11.6 Å². The van der Waals surface area contributed by atoms with E-state index in [1.807, 2.05) is 0 Å². The van der Waals surface area contributed by atoms with E-state index in [2.05, 4.69) is 5.32 Å². The molecular formula is C18H11F2NO2. The van der Waals surface area contributed by atoms with E-state index >= 15 is 0 Å². The lowest BCUT2D eigenvalue weighted by Crippen LogP contribution is -2.12. The third kappa shape index (κ3) is 2.21. The van der Waals surface area contributed by atoms with Crippen LogP contribution in [0.3, 0.4) is 0 Å². The Morgan fingerprint density at radius 2 is 1.83 bits per heavy atom. The zero-order chi connectivity index (χ0) is 16.0. The van der Waals surface area contributed by atoms with Crippen LogP contribution >= 0.6 is 0 Å². The molecule has 5 heteroatoms. The Balaban J connectivity index is 1.97. The van der Waals surface area contributed by atoms with E-state index < -0.39 is 11.6 Å². The maximum atomic E-state index is 14.1. The van der Waals surface area contributed by atoms with E-state index in [0.29, 0.717) is 23.4 Å². The fourth-order valence-corrected chi connectivity index (χ4v) is 2.86. The number of rotatable bonds is 2. The van der Waals surface area contributed by atoms with Gasteiger partial charge in [-0.25, -0.2) is 8.78 Å². The number of carbonyl (C=O) groups excluding carboxylic acids is 1. The summed E-state index contributed by atoms with van der Waals surface area (Å²) in [5.41, 5.74) is 2.77. The van der Waals surface area contributed by atoms with E-state index in [-0.39, 0.29) is 11.5 Å². The number of benzene rings is 2. The summed E-state index contributed by atoms with van der Waals surface area (Å²) in [6.45, 7) is 0.399. The molecule has 1 aromatic heterocycles. The molecule has 23 heavy (non-hydrogen) atoms. The van der Waals surface area contributed by atoms with E-state index in [0.717, 1.165) is 17.2 Å². The molecule has 0 fully saturated rings. The van der Waals surface area contributed by atoms with Crippen LogP contribution in [0.5, 0.6) is 0 Å². The zero-order valence-corrected chi connectivity index (χ0v) is 11.9. The molecule has 3 nitrogen and oxygen atoms in total. The van der Waals surface area contributed by atoms with Gasteiger partial charge in [0.1, 0.15) is 17.4 Å². The van der Waals surface area contributed by atoms with Crippen molar-refractivity contribution in [3.8, 4) is 22.5 Å². The van der Waals surface area contributed by atoms with Gasteiger partial charge in [-0.2, -0.15) is 0 Å². The van der Waals surface area contributed by atoms with Crippen molar-refractivity contribution >= 4 is 5.91 Å². The van der Waals surface area contributed by atoms with Gasteiger partial charge in [0.2, 0.25) is 0 Å². The van der Waals surface area contributed by atoms with Crippen LogP contribution in [0.15, 0.2) is 53.1 Å². The van der Waals surface area contributed by atoms with Crippen molar-refractivity contribution in [3.63, 3.8) is 0 Å². The lowest BCUT2D eigenvalue weighted by atomic mass is 9.94. The van der Waals surface area contributed by atoms with Crippen molar-refractivity contribution in [2.75, 3.05) is 0 Å². The Morgan fingerprint density at radius 3 is 2.57 bits per heavy atom. The van der Waals surface area contributed by atoms with Crippen molar-refractivity contribution in [1.29, 1.82) is 0 Å². The van der Waals surface area contributed by atoms with Crippen molar-refractivity contribution in [2.24, 2.45) is 0 Å². The molecule has 0 bridgehead atoms. The van der Waals surface area contributed by atoms with Crippen LogP contribution in [0.25, 0.3) is 22.5 Å². The first-order valence-corrected chi connectivity index (χ1v) is 7.08. The van der Waals surface area contributed by atoms with Crippen LogP contribution in [0.2, 0.25) is 0 Å². The molecule has 3 aromatic rings. The normalized spacial score (nSPS) is 13.0. The minimum atomic E-state index is -0.672. The number of furan rings is 1.